The number of hydrogen-bond donors (Lipinski definition) is 0. The highest BCUT2D eigenvalue weighted by molar-refractivity contribution is 6.18. The molecule has 0 spiro atoms. The van der Waals surface area contributed by atoms with E-state index >= 15 is 0 Å². The number of rotatable bonds is 4. The van der Waals surface area contributed by atoms with Crippen LogP contribution in [0.15, 0.2) is 162 Å². The van der Waals surface area contributed by atoms with Gasteiger partial charge in [0.25, 0.3) is 0 Å². The zero-order chi connectivity index (χ0) is 32.3. The molecule has 0 aliphatic rings. The van der Waals surface area contributed by atoms with E-state index < -0.39 is 0 Å². The maximum absolute atomic E-state index is 6.40. The molecule has 5 heteroatoms. The summed E-state index contributed by atoms with van der Waals surface area (Å²) < 4.78 is 6.40. The Labute approximate surface area is 281 Å². The largest absolute Gasteiger partial charge is 0.456 e. The van der Waals surface area contributed by atoms with Crippen molar-refractivity contribution in [3.05, 3.63) is 158 Å². The molecule has 0 saturated carbocycles. The van der Waals surface area contributed by atoms with E-state index in [9.17, 15) is 0 Å². The maximum Gasteiger partial charge on any atom is 0.164 e. The van der Waals surface area contributed by atoms with Crippen LogP contribution in [0.4, 0.5) is 0 Å². The van der Waals surface area contributed by atoms with E-state index in [0.717, 1.165) is 76.8 Å². The fraction of sp³-hybridized carbons (Fsp3) is 0. The molecule has 0 amide bonds. The Hall–Kier alpha value is -6.72. The molecule has 3 heterocycles. The molecular formula is C44H26N4O. The third-order valence-corrected chi connectivity index (χ3v) is 9.35. The molecule has 0 aliphatic heterocycles. The minimum atomic E-state index is 0.630. The monoisotopic (exact) mass is 626 g/mol. The summed E-state index contributed by atoms with van der Waals surface area (Å²) in [5.74, 6) is 1.91. The van der Waals surface area contributed by atoms with E-state index in [1.54, 1.807) is 0 Å². The molecular weight excluding hydrogens is 601 g/mol. The Morgan fingerprint density at radius 1 is 0.388 bits per heavy atom. The second-order valence-electron chi connectivity index (χ2n) is 12.3. The number of pyridine rings is 1. The smallest absolute Gasteiger partial charge is 0.164 e. The lowest BCUT2D eigenvalue weighted by molar-refractivity contribution is 0.669. The van der Waals surface area contributed by atoms with Crippen LogP contribution in [0.2, 0.25) is 0 Å². The summed E-state index contributed by atoms with van der Waals surface area (Å²) in [6, 6.07) is 52.2. The minimum absolute atomic E-state index is 0.630. The number of nitrogens with zero attached hydrogens (tertiary/aromatic N) is 4. The lowest BCUT2D eigenvalue weighted by Gasteiger charge is -2.14. The third-order valence-electron chi connectivity index (χ3n) is 9.35. The van der Waals surface area contributed by atoms with E-state index in [-0.39, 0.29) is 0 Å². The molecule has 49 heavy (non-hydrogen) atoms. The molecule has 0 atom stereocenters. The SMILES string of the molecule is c1ccc(-c2nc(-c3ccc4ccccc4c3)nc(-c3ccc(-c4cccc5oc6cc7ncccc7cc6c45)c4ccccc34)n2)cc1. The van der Waals surface area contributed by atoms with Crippen LogP contribution in [0.1, 0.15) is 0 Å². The Balaban J connectivity index is 1.19. The minimum Gasteiger partial charge on any atom is -0.456 e. The second kappa shape index (κ2) is 10.9. The molecule has 0 N–H and O–H groups in total. The normalized spacial score (nSPS) is 11.7. The molecule has 10 rings (SSSR count). The van der Waals surface area contributed by atoms with Gasteiger partial charge < -0.3 is 4.42 Å². The van der Waals surface area contributed by atoms with E-state index in [1.165, 1.54) is 5.39 Å². The van der Waals surface area contributed by atoms with E-state index in [4.69, 9.17) is 19.4 Å². The molecule has 0 aliphatic carbocycles. The summed E-state index contributed by atoms with van der Waals surface area (Å²) >= 11 is 0. The van der Waals surface area contributed by atoms with Crippen LogP contribution in [0.3, 0.4) is 0 Å². The van der Waals surface area contributed by atoms with Crippen LogP contribution in [0.25, 0.3) is 99.7 Å². The van der Waals surface area contributed by atoms with E-state index in [0.29, 0.717) is 17.5 Å². The molecule has 0 saturated heterocycles. The number of hydrogen-bond acceptors (Lipinski definition) is 5. The molecule has 0 unspecified atom stereocenters. The van der Waals surface area contributed by atoms with Gasteiger partial charge in [0, 0.05) is 45.1 Å². The van der Waals surface area contributed by atoms with Gasteiger partial charge in [-0.3, -0.25) is 4.98 Å². The van der Waals surface area contributed by atoms with Crippen molar-refractivity contribution in [2.75, 3.05) is 0 Å². The number of furan rings is 1. The van der Waals surface area contributed by atoms with Crippen molar-refractivity contribution in [3.63, 3.8) is 0 Å². The zero-order valence-electron chi connectivity index (χ0n) is 26.2. The summed E-state index contributed by atoms with van der Waals surface area (Å²) in [7, 11) is 0. The quantitative estimate of drug-likeness (QED) is 0.194. The van der Waals surface area contributed by atoms with Crippen molar-refractivity contribution >= 4 is 54.4 Å². The first-order chi connectivity index (χ1) is 24.3. The van der Waals surface area contributed by atoms with Gasteiger partial charge in [0.15, 0.2) is 17.5 Å². The van der Waals surface area contributed by atoms with Gasteiger partial charge in [-0.25, -0.2) is 15.0 Å². The van der Waals surface area contributed by atoms with Crippen LogP contribution in [-0.2, 0) is 0 Å². The third kappa shape index (κ3) is 4.55. The first-order valence-electron chi connectivity index (χ1n) is 16.3. The second-order valence-corrected chi connectivity index (χ2v) is 12.3. The summed E-state index contributed by atoms with van der Waals surface area (Å²) in [5.41, 5.74) is 7.65. The van der Waals surface area contributed by atoms with Crippen molar-refractivity contribution in [2.45, 2.75) is 0 Å². The number of aromatic nitrogens is 4. The van der Waals surface area contributed by atoms with Crippen molar-refractivity contribution in [2.24, 2.45) is 0 Å². The fourth-order valence-corrected chi connectivity index (χ4v) is 7.02. The van der Waals surface area contributed by atoms with Crippen molar-refractivity contribution in [1.29, 1.82) is 0 Å². The topological polar surface area (TPSA) is 64.7 Å². The molecule has 0 radical (unpaired) electrons. The van der Waals surface area contributed by atoms with Gasteiger partial charge in [0.1, 0.15) is 11.2 Å². The Morgan fingerprint density at radius 3 is 1.98 bits per heavy atom. The van der Waals surface area contributed by atoms with Crippen molar-refractivity contribution in [1.82, 2.24) is 19.9 Å². The van der Waals surface area contributed by atoms with Gasteiger partial charge in [0.2, 0.25) is 0 Å². The van der Waals surface area contributed by atoms with E-state index in [1.807, 2.05) is 54.7 Å². The van der Waals surface area contributed by atoms with Gasteiger partial charge >= 0.3 is 0 Å². The molecule has 10 aromatic rings. The molecule has 3 aromatic heterocycles. The maximum atomic E-state index is 6.40. The average molecular weight is 627 g/mol. The summed E-state index contributed by atoms with van der Waals surface area (Å²) in [5, 5.41) is 7.74. The van der Waals surface area contributed by atoms with Gasteiger partial charge in [-0.15, -0.1) is 0 Å². The Morgan fingerprint density at radius 2 is 1.10 bits per heavy atom. The fourth-order valence-electron chi connectivity index (χ4n) is 7.02. The summed E-state index contributed by atoms with van der Waals surface area (Å²) in [6.07, 6.45) is 1.82. The van der Waals surface area contributed by atoms with Crippen LogP contribution in [0, 0.1) is 0 Å². The number of benzene rings is 7. The Bertz CT molecular complexity index is 2890. The molecule has 228 valence electrons. The highest BCUT2D eigenvalue weighted by atomic mass is 16.3. The summed E-state index contributed by atoms with van der Waals surface area (Å²) in [4.78, 5) is 19.8. The predicted molar refractivity (Wildman–Crippen MR) is 199 cm³/mol. The van der Waals surface area contributed by atoms with Crippen molar-refractivity contribution in [3.8, 4) is 45.3 Å². The molecule has 0 bridgehead atoms. The number of fused-ring (bicyclic) bond motifs is 6. The predicted octanol–water partition coefficient (Wildman–Crippen LogP) is 11.3. The molecule has 0 fully saturated rings. The van der Waals surface area contributed by atoms with E-state index in [2.05, 4.69) is 108 Å². The first-order valence-corrected chi connectivity index (χ1v) is 16.3. The van der Waals surface area contributed by atoms with Crippen LogP contribution in [-0.4, -0.2) is 19.9 Å². The zero-order valence-corrected chi connectivity index (χ0v) is 26.2. The van der Waals surface area contributed by atoms with Gasteiger partial charge in [0.05, 0.1) is 5.52 Å². The lowest BCUT2D eigenvalue weighted by Crippen LogP contribution is -2.00. The van der Waals surface area contributed by atoms with Crippen LogP contribution < -0.4 is 0 Å². The van der Waals surface area contributed by atoms with Crippen molar-refractivity contribution < 1.29 is 4.42 Å². The first kappa shape index (κ1) is 27.4. The highest BCUT2D eigenvalue weighted by Gasteiger charge is 2.19. The highest BCUT2D eigenvalue weighted by Crippen LogP contribution is 2.42. The average Bonchev–Trinajstić information content (AvgIpc) is 3.54. The van der Waals surface area contributed by atoms with Gasteiger partial charge in [-0.1, -0.05) is 115 Å². The molecule has 7 aromatic carbocycles. The van der Waals surface area contributed by atoms with Crippen LogP contribution in [0.5, 0.6) is 0 Å². The van der Waals surface area contributed by atoms with Gasteiger partial charge in [-0.2, -0.15) is 0 Å². The van der Waals surface area contributed by atoms with Crippen LogP contribution >= 0.6 is 0 Å². The van der Waals surface area contributed by atoms with Gasteiger partial charge in [-0.05, 0) is 63.0 Å². The summed E-state index contributed by atoms with van der Waals surface area (Å²) in [6.45, 7) is 0. The lowest BCUT2D eigenvalue weighted by atomic mass is 9.92. The molecule has 5 nitrogen and oxygen atoms in total. The Kier molecular flexibility index (Phi) is 6.11. The standard InChI is InChI=1S/C44H26N4O/c1-2-11-28(12-3-1)42-46-43(31-20-19-27-10-4-5-13-29(27)24-31)48-44(47-42)36-22-21-34(32-15-6-7-16-33(32)36)35-17-8-18-39-41(35)37-25-30-14-9-23-45-38(30)26-40(37)49-39/h1-26H.